The van der Waals surface area contributed by atoms with Crippen molar-refractivity contribution in [1.82, 2.24) is 0 Å². The standard InChI is InChI=1S/C21H25NO4/c1-5-13-6-8-14(9-7-13)15-10-18-16(11-17(15)24-4)19(26-20(22)23)21(2,3)12-25-18/h6-11,19H,5,12H2,1-4H3,(H2,22,23). The predicted molar refractivity (Wildman–Crippen MR) is 100 cm³/mol. The van der Waals surface area contributed by atoms with Gasteiger partial charge in [-0.15, -0.1) is 0 Å². The molecule has 0 radical (unpaired) electrons. The van der Waals surface area contributed by atoms with Gasteiger partial charge in [0.05, 0.1) is 13.7 Å². The molecule has 26 heavy (non-hydrogen) atoms. The van der Waals surface area contributed by atoms with Crippen LogP contribution in [0, 0.1) is 5.41 Å². The molecule has 2 N–H and O–H groups in total. The molecule has 0 spiro atoms. The van der Waals surface area contributed by atoms with Gasteiger partial charge in [-0.2, -0.15) is 0 Å². The van der Waals surface area contributed by atoms with E-state index in [9.17, 15) is 4.79 Å². The Labute approximate surface area is 154 Å². The van der Waals surface area contributed by atoms with E-state index in [1.165, 1.54) is 5.56 Å². The van der Waals surface area contributed by atoms with Gasteiger partial charge in [-0.05, 0) is 29.7 Å². The summed E-state index contributed by atoms with van der Waals surface area (Å²) in [7, 11) is 1.63. The number of fused-ring (bicyclic) bond motifs is 1. The summed E-state index contributed by atoms with van der Waals surface area (Å²) in [6, 6.07) is 12.2. The van der Waals surface area contributed by atoms with Crippen LogP contribution in [0.4, 0.5) is 4.79 Å². The molecule has 1 atom stereocenters. The zero-order chi connectivity index (χ0) is 18.9. The first-order valence-electron chi connectivity index (χ1n) is 8.76. The summed E-state index contributed by atoms with van der Waals surface area (Å²) in [5, 5.41) is 0. The fraction of sp³-hybridized carbons (Fsp3) is 0.381. The highest BCUT2D eigenvalue weighted by atomic mass is 16.6. The number of methoxy groups -OCH3 is 1. The van der Waals surface area contributed by atoms with Gasteiger partial charge in [-0.1, -0.05) is 45.0 Å². The van der Waals surface area contributed by atoms with Gasteiger partial charge < -0.3 is 19.9 Å². The number of carbonyl (C=O) groups is 1. The predicted octanol–water partition coefficient (Wildman–Crippen LogP) is 4.48. The van der Waals surface area contributed by atoms with Crippen molar-refractivity contribution in [2.24, 2.45) is 11.1 Å². The zero-order valence-electron chi connectivity index (χ0n) is 15.7. The van der Waals surface area contributed by atoms with Gasteiger partial charge in [0, 0.05) is 16.5 Å². The number of primary amides is 1. The zero-order valence-corrected chi connectivity index (χ0v) is 15.7. The lowest BCUT2D eigenvalue weighted by Gasteiger charge is -2.38. The molecule has 0 bridgehead atoms. The van der Waals surface area contributed by atoms with E-state index in [1.54, 1.807) is 7.11 Å². The minimum Gasteiger partial charge on any atom is -0.496 e. The van der Waals surface area contributed by atoms with E-state index < -0.39 is 17.6 Å². The van der Waals surface area contributed by atoms with Crippen molar-refractivity contribution in [3.8, 4) is 22.6 Å². The van der Waals surface area contributed by atoms with Crippen molar-refractivity contribution < 1.29 is 19.0 Å². The number of carbonyl (C=O) groups excluding carboxylic acids is 1. The molecule has 2 aromatic rings. The summed E-state index contributed by atoms with van der Waals surface area (Å²) in [6.07, 6.45) is -0.297. The van der Waals surface area contributed by atoms with Gasteiger partial charge in [-0.25, -0.2) is 4.79 Å². The van der Waals surface area contributed by atoms with Crippen LogP contribution in [-0.4, -0.2) is 19.8 Å². The summed E-state index contributed by atoms with van der Waals surface area (Å²) >= 11 is 0. The fourth-order valence-electron chi connectivity index (χ4n) is 3.32. The Morgan fingerprint density at radius 2 is 1.96 bits per heavy atom. The first kappa shape index (κ1) is 18.1. The third-order valence-electron chi connectivity index (χ3n) is 4.83. The Hall–Kier alpha value is -2.69. The number of nitrogens with two attached hydrogens (primary N) is 1. The van der Waals surface area contributed by atoms with Gasteiger partial charge in [-0.3, -0.25) is 0 Å². The first-order chi connectivity index (χ1) is 12.4. The SMILES string of the molecule is CCc1ccc(-c2cc3c(cc2OC)C(OC(N)=O)C(C)(C)CO3)cc1. The highest BCUT2D eigenvalue weighted by Gasteiger charge is 2.41. The monoisotopic (exact) mass is 355 g/mol. The van der Waals surface area contributed by atoms with E-state index in [0.29, 0.717) is 18.1 Å². The maximum absolute atomic E-state index is 11.4. The molecule has 138 valence electrons. The maximum Gasteiger partial charge on any atom is 0.405 e. The maximum atomic E-state index is 11.4. The van der Waals surface area contributed by atoms with Crippen LogP contribution < -0.4 is 15.2 Å². The Kier molecular flexibility index (Phi) is 4.81. The van der Waals surface area contributed by atoms with E-state index in [4.69, 9.17) is 19.9 Å². The Balaban J connectivity index is 2.09. The van der Waals surface area contributed by atoms with Crippen LogP contribution in [0.5, 0.6) is 11.5 Å². The van der Waals surface area contributed by atoms with Crippen LogP contribution >= 0.6 is 0 Å². The number of hydrogen-bond acceptors (Lipinski definition) is 4. The van der Waals surface area contributed by atoms with Gasteiger partial charge in [0.1, 0.15) is 17.6 Å². The number of benzene rings is 2. The topological polar surface area (TPSA) is 70.8 Å². The Morgan fingerprint density at radius 1 is 1.27 bits per heavy atom. The van der Waals surface area contributed by atoms with Crippen LogP contribution in [0.2, 0.25) is 0 Å². The molecule has 0 saturated heterocycles. The van der Waals surface area contributed by atoms with Gasteiger partial charge in [0.2, 0.25) is 0 Å². The molecule has 2 aromatic carbocycles. The molecule has 0 saturated carbocycles. The van der Waals surface area contributed by atoms with Gasteiger partial charge in [0.25, 0.3) is 0 Å². The fourth-order valence-corrected chi connectivity index (χ4v) is 3.32. The normalized spacial score (nSPS) is 17.8. The highest BCUT2D eigenvalue weighted by molar-refractivity contribution is 5.74. The average molecular weight is 355 g/mol. The number of ether oxygens (including phenoxy) is 3. The number of rotatable bonds is 4. The lowest BCUT2D eigenvalue weighted by atomic mass is 9.80. The molecule has 1 amide bonds. The summed E-state index contributed by atoms with van der Waals surface area (Å²) in [4.78, 5) is 11.4. The lowest BCUT2D eigenvalue weighted by molar-refractivity contribution is -0.0177. The third-order valence-corrected chi connectivity index (χ3v) is 4.83. The second kappa shape index (κ2) is 6.90. The van der Waals surface area contributed by atoms with Crippen LogP contribution in [-0.2, 0) is 11.2 Å². The van der Waals surface area contributed by atoms with Crippen molar-refractivity contribution in [2.45, 2.75) is 33.3 Å². The summed E-state index contributed by atoms with van der Waals surface area (Å²) in [5.74, 6) is 1.39. The molecule has 0 aromatic heterocycles. The molecule has 5 nitrogen and oxygen atoms in total. The molecule has 1 unspecified atom stereocenters. The molecule has 5 heteroatoms. The minimum absolute atomic E-state index is 0.392. The third kappa shape index (κ3) is 3.34. The van der Waals surface area contributed by atoms with E-state index >= 15 is 0 Å². The van der Waals surface area contributed by atoms with E-state index in [1.807, 2.05) is 26.0 Å². The molecular formula is C21H25NO4. The van der Waals surface area contributed by atoms with Gasteiger partial charge >= 0.3 is 6.09 Å². The van der Waals surface area contributed by atoms with Crippen LogP contribution in [0.25, 0.3) is 11.1 Å². The van der Waals surface area contributed by atoms with Crippen LogP contribution in [0.1, 0.15) is 38.0 Å². The van der Waals surface area contributed by atoms with Crippen molar-refractivity contribution in [1.29, 1.82) is 0 Å². The van der Waals surface area contributed by atoms with Crippen molar-refractivity contribution in [2.75, 3.05) is 13.7 Å². The summed E-state index contributed by atoms with van der Waals surface area (Å²) in [6.45, 7) is 6.52. The molecular weight excluding hydrogens is 330 g/mol. The second-order valence-electron chi connectivity index (χ2n) is 7.23. The Bertz CT molecular complexity index is 812. The van der Waals surface area contributed by atoms with Crippen molar-refractivity contribution in [3.05, 3.63) is 47.5 Å². The highest BCUT2D eigenvalue weighted by Crippen LogP contribution is 2.48. The molecule has 3 rings (SSSR count). The first-order valence-corrected chi connectivity index (χ1v) is 8.76. The average Bonchev–Trinajstić information content (AvgIpc) is 2.63. The van der Waals surface area contributed by atoms with E-state index in [2.05, 4.69) is 31.2 Å². The molecule has 0 aliphatic carbocycles. The van der Waals surface area contributed by atoms with E-state index in [-0.39, 0.29) is 0 Å². The van der Waals surface area contributed by atoms with Crippen LogP contribution in [0.15, 0.2) is 36.4 Å². The molecule has 1 heterocycles. The quantitative estimate of drug-likeness (QED) is 0.878. The smallest absolute Gasteiger partial charge is 0.405 e. The summed E-state index contributed by atoms with van der Waals surface area (Å²) < 4.78 is 17.0. The number of aryl methyl sites for hydroxylation is 1. The molecule has 1 aliphatic rings. The second-order valence-corrected chi connectivity index (χ2v) is 7.23. The lowest BCUT2D eigenvalue weighted by Crippen LogP contribution is -2.37. The molecule has 0 fully saturated rings. The number of hydrogen-bond donors (Lipinski definition) is 1. The van der Waals surface area contributed by atoms with Gasteiger partial charge in [0.15, 0.2) is 0 Å². The molecule has 1 aliphatic heterocycles. The van der Waals surface area contributed by atoms with Crippen molar-refractivity contribution in [3.63, 3.8) is 0 Å². The summed E-state index contributed by atoms with van der Waals surface area (Å²) in [5.41, 5.74) is 8.92. The Morgan fingerprint density at radius 3 is 2.54 bits per heavy atom. The van der Waals surface area contributed by atoms with Crippen LogP contribution in [0.3, 0.4) is 0 Å². The van der Waals surface area contributed by atoms with Crippen molar-refractivity contribution >= 4 is 6.09 Å². The minimum atomic E-state index is -0.797. The number of amides is 1. The van der Waals surface area contributed by atoms with E-state index in [0.717, 1.165) is 23.1 Å². The largest absolute Gasteiger partial charge is 0.496 e.